The molecule has 3 aromatic heterocycles. The van der Waals surface area contributed by atoms with Gasteiger partial charge in [-0.15, -0.1) is 16.4 Å². The molecule has 0 fully saturated rings. The smallest absolute Gasteiger partial charge is 0.322 e. The molecule has 0 aliphatic heterocycles. The zero-order valence-electron chi connectivity index (χ0n) is 19.3. The number of hydrogen-bond donors (Lipinski definition) is 1. The summed E-state index contributed by atoms with van der Waals surface area (Å²) in [6.07, 6.45) is 0. The Morgan fingerprint density at radius 2 is 1.97 bits per heavy atom. The molecule has 0 radical (unpaired) electrons. The number of fused-ring (bicyclic) bond motifs is 1. The summed E-state index contributed by atoms with van der Waals surface area (Å²) >= 11 is 2.68. The normalized spacial score (nSPS) is 11.5. The lowest BCUT2D eigenvalue weighted by Crippen LogP contribution is -2.23. The highest BCUT2D eigenvalue weighted by Gasteiger charge is 2.20. The van der Waals surface area contributed by atoms with Gasteiger partial charge in [-0.05, 0) is 44.9 Å². The third kappa shape index (κ3) is 4.58. The minimum atomic E-state index is -0.320. The summed E-state index contributed by atoms with van der Waals surface area (Å²) in [5.74, 6) is 0.237. The van der Waals surface area contributed by atoms with E-state index in [2.05, 4.69) is 15.5 Å². The van der Waals surface area contributed by atoms with Crippen molar-refractivity contribution in [2.24, 2.45) is 0 Å². The zero-order valence-corrected chi connectivity index (χ0v) is 21.0. The molecule has 10 heteroatoms. The number of carbonyl (C=O) groups excluding carboxylic acids is 1. The van der Waals surface area contributed by atoms with Crippen LogP contribution in [0.3, 0.4) is 0 Å². The van der Waals surface area contributed by atoms with Crippen LogP contribution in [-0.4, -0.2) is 31.4 Å². The van der Waals surface area contributed by atoms with Crippen molar-refractivity contribution in [3.63, 3.8) is 0 Å². The van der Waals surface area contributed by atoms with Gasteiger partial charge in [0.1, 0.15) is 4.83 Å². The fraction of sp³-hybridized carbons (Fsp3) is 0.348. The molecule has 4 aromatic rings. The van der Waals surface area contributed by atoms with Gasteiger partial charge < -0.3 is 4.42 Å². The number of amides is 1. The molecule has 4 rings (SSSR count). The summed E-state index contributed by atoms with van der Waals surface area (Å²) in [6.45, 7) is 11.8. The summed E-state index contributed by atoms with van der Waals surface area (Å²) in [4.78, 5) is 32.7. The number of thioether (sulfide) groups is 1. The van der Waals surface area contributed by atoms with Crippen LogP contribution in [0.25, 0.3) is 15.9 Å². The van der Waals surface area contributed by atoms with Gasteiger partial charge >= 0.3 is 6.01 Å². The monoisotopic (exact) mass is 483 g/mol. The Labute approximate surface area is 199 Å². The van der Waals surface area contributed by atoms with E-state index in [1.807, 2.05) is 59.7 Å². The van der Waals surface area contributed by atoms with Gasteiger partial charge in [-0.2, -0.15) is 0 Å². The Kier molecular flexibility index (Phi) is 6.40. The SMILES string of the molecule is Cc1ccc(-n2c(SCC(=O)Nc3nnc(C(C)C)o3)nc3sc(C)c(C)c3c2=O)c(C)c1. The van der Waals surface area contributed by atoms with E-state index in [0.717, 1.165) is 27.3 Å². The van der Waals surface area contributed by atoms with Crippen molar-refractivity contribution >= 4 is 45.2 Å². The van der Waals surface area contributed by atoms with Crippen LogP contribution in [0.4, 0.5) is 6.01 Å². The minimum absolute atomic E-state index is 0.0333. The minimum Gasteiger partial charge on any atom is -0.408 e. The lowest BCUT2D eigenvalue weighted by molar-refractivity contribution is -0.113. The highest BCUT2D eigenvalue weighted by molar-refractivity contribution is 7.99. The van der Waals surface area contributed by atoms with Crippen molar-refractivity contribution in [2.75, 3.05) is 11.1 Å². The number of thiophene rings is 1. The molecule has 1 amide bonds. The molecule has 0 aliphatic rings. The summed E-state index contributed by atoms with van der Waals surface area (Å²) < 4.78 is 7.06. The maximum atomic E-state index is 13.6. The van der Waals surface area contributed by atoms with E-state index in [-0.39, 0.29) is 29.2 Å². The average Bonchev–Trinajstić information content (AvgIpc) is 3.32. The first kappa shape index (κ1) is 23.2. The van der Waals surface area contributed by atoms with Crippen LogP contribution in [0, 0.1) is 27.7 Å². The van der Waals surface area contributed by atoms with Gasteiger partial charge in [0.05, 0.1) is 16.8 Å². The third-order valence-corrected chi connectivity index (χ3v) is 7.32. The van der Waals surface area contributed by atoms with E-state index in [0.29, 0.717) is 21.3 Å². The Bertz CT molecular complexity index is 1420. The summed E-state index contributed by atoms with van der Waals surface area (Å²) in [5, 5.41) is 11.5. The van der Waals surface area contributed by atoms with E-state index in [1.54, 1.807) is 4.57 Å². The number of aryl methyl sites for hydroxylation is 4. The van der Waals surface area contributed by atoms with E-state index >= 15 is 0 Å². The molecule has 0 bridgehead atoms. The molecule has 8 nitrogen and oxygen atoms in total. The fourth-order valence-electron chi connectivity index (χ4n) is 3.44. The molecule has 1 N–H and O–H groups in total. The second kappa shape index (κ2) is 9.11. The van der Waals surface area contributed by atoms with Gasteiger partial charge in [0.25, 0.3) is 5.56 Å². The summed E-state index contributed by atoms with van der Waals surface area (Å²) in [6, 6.07) is 5.97. The first-order valence-corrected chi connectivity index (χ1v) is 12.3. The number of benzene rings is 1. The lowest BCUT2D eigenvalue weighted by atomic mass is 10.1. The first-order valence-electron chi connectivity index (χ1n) is 10.5. The van der Waals surface area contributed by atoms with Gasteiger partial charge in [-0.25, -0.2) is 4.98 Å². The van der Waals surface area contributed by atoms with Crippen LogP contribution in [-0.2, 0) is 4.79 Å². The van der Waals surface area contributed by atoms with E-state index in [4.69, 9.17) is 9.40 Å². The first-order chi connectivity index (χ1) is 15.7. The predicted molar refractivity (Wildman–Crippen MR) is 132 cm³/mol. The molecule has 33 heavy (non-hydrogen) atoms. The van der Waals surface area contributed by atoms with Gasteiger partial charge in [0, 0.05) is 10.8 Å². The Morgan fingerprint density at radius 1 is 1.21 bits per heavy atom. The fourth-order valence-corrected chi connectivity index (χ4v) is 5.32. The molecule has 172 valence electrons. The van der Waals surface area contributed by atoms with Crippen LogP contribution in [0.15, 0.2) is 32.6 Å². The Morgan fingerprint density at radius 3 is 2.64 bits per heavy atom. The van der Waals surface area contributed by atoms with Crippen molar-refractivity contribution in [3.05, 3.63) is 56.0 Å². The lowest BCUT2D eigenvalue weighted by Gasteiger charge is -2.14. The average molecular weight is 484 g/mol. The van der Waals surface area contributed by atoms with E-state index < -0.39 is 0 Å². The molecule has 3 heterocycles. The van der Waals surface area contributed by atoms with Crippen molar-refractivity contribution in [2.45, 2.75) is 52.6 Å². The summed E-state index contributed by atoms with van der Waals surface area (Å²) in [7, 11) is 0. The van der Waals surface area contributed by atoms with Gasteiger partial charge in [0.2, 0.25) is 11.8 Å². The molecule has 1 aromatic carbocycles. The number of nitrogens with zero attached hydrogens (tertiary/aromatic N) is 4. The molecule has 0 aliphatic carbocycles. The number of rotatable bonds is 6. The van der Waals surface area contributed by atoms with Crippen LogP contribution in [0.1, 0.15) is 47.2 Å². The molecule has 0 atom stereocenters. The van der Waals surface area contributed by atoms with Crippen molar-refractivity contribution in [1.29, 1.82) is 0 Å². The van der Waals surface area contributed by atoms with Gasteiger partial charge in [-0.1, -0.05) is 48.4 Å². The maximum absolute atomic E-state index is 13.6. The summed E-state index contributed by atoms with van der Waals surface area (Å²) in [5.41, 5.74) is 3.63. The van der Waals surface area contributed by atoms with Gasteiger partial charge in [-0.3, -0.25) is 19.5 Å². The van der Waals surface area contributed by atoms with E-state index in [1.165, 1.54) is 23.1 Å². The number of hydrogen-bond acceptors (Lipinski definition) is 8. The largest absolute Gasteiger partial charge is 0.408 e. The standard InChI is InChI=1S/C23H25N5O3S2/c1-11(2)19-26-27-22(31-19)24-17(29)10-32-23-25-20-18(14(5)15(6)33-20)21(30)28(23)16-8-7-12(3)9-13(16)4/h7-9,11H,10H2,1-6H3,(H,24,27,29). The number of anilines is 1. The maximum Gasteiger partial charge on any atom is 0.322 e. The highest BCUT2D eigenvalue weighted by atomic mass is 32.2. The van der Waals surface area contributed by atoms with Crippen molar-refractivity contribution in [3.8, 4) is 5.69 Å². The molecular formula is C23H25N5O3S2. The molecule has 0 saturated heterocycles. The molecule has 0 saturated carbocycles. The number of nitrogens with one attached hydrogen (secondary N) is 1. The van der Waals surface area contributed by atoms with Crippen LogP contribution >= 0.6 is 23.1 Å². The second-order valence-corrected chi connectivity index (χ2v) is 10.4. The predicted octanol–water partition coefficient (Wildman–Crippen LogP) is 4.92. The van der Waals surface area contributed by atoms with Gasteiger partial charge in [0.15, 0.2) is 5.16 Å². The quantitative estimate of drug-likeness (QED) is 0.307. The van der Waals surface area contributed by atoms with Crippen LogP contribution in [0.2, 0.25) is 0 Å². The van der Waals surface area contributed by atoms with Crippen molar-refractivity contribution in [1.82, 2.24) is 19.7 Å². The highest BCUT2D eigenvalue weighted by Crippen LogP contribution is 2.30. The van der Waals surface area contributed by atoms with Crippen LogP contribution < -0.4 is 10.9 Å². The number of aromatic nitrogens is 4. The Balaban J connectivity index is 1.70. The van der Waals surface area contributed by atoms with Crippen LogP contribution in [0.5, 0.6) is 0 Å². The zero-order chi connectivity index (χ0) is 23.9. The Hall–Kier alpha value is -2.98. The molecule has 0 spiro atoms. The third-order valence-electron chi connectivity index (χ3n) is 5.28. The number of carbonyl (C=O) groups is 1. The molecule has 0 unspecified atom stereocenters. The molecular weight excluding hydrogens is 458 g/mol. The van der Waals surface area contributed by atoms with Crippen molar-refractivity contribution < 1.29 is 9.21 Å². The topological polar surface area (TPSA) is 103 Å². The van der Waals surface area contributed by atoms with E-state index in [9.17, 15) is 9.59 Å². The second-order valence-electron chi connectivity index (χ2n) is 8.23.